The number of rotatable bonds is 3. The number of nitrogens with zero attached hydrogens (tertiary/aromatic N) is 2. The smallest absolute Gasteiger partial charge is 0.0839 e. The highest BCUT2D eigenvalue weighted by atomic mass is 15.1. The fourth-order valence-corrected chi connectivity index (χ4v) is 3.43. The van der Waals surface area contributed by atoms with E-state index >= 15 is 0 Å². The third-order valence-electron chi connectivity index (χ3n) is 4.57. The SMILES string of the molecule is N#CC(CN1CCCCC1)c1ccc2c(c1)CCC2. The number of likely N-dealkylation sites (tertiary alicyclic amines) is 1. The van der Waals surface area contributed by atoms with E-state index in [4.69, 9.17) is 0 Å². The van der Waals surface area contributed by atoms with E-state index in [9.17, 15) is 5.26 Å². The molecular weight excluding hydrogens is 232 g/mol. The minimum Gasteiger partial charge on any atom is -0.302 e. The van der Waals surface area contributed by atoms with Crippen LogP contribution in [0.1, 0.15) is 48.3 Å². The highest BCUT2D eigenvalue weighted by Crippen LogP contribution is 2.27. The summed E-state index contributed by atoms with van der Waals surface area (Å²) in [5.74, 6) is 0.0454. The molecule has 1 fully saturated rings. The van der Waals surface area contributed by atoms with E-state index in [1.165, 1.54) is 68.3 Å². The molecule has 2 heteroatoms. The minimum absolute atomic E-state index is 0.0454. The first-order valence-electron chi connectivity index (χ1n) is 7.60. The van der Waals surface area contributed by atoms with Gasteiger partial charge in [-0.15, -0.1) is 0 Å². The zero-order valence-electron chi connectivity index (χ0n) is 11.6. The summed E-state index contributed by atoms with van der Waals surface area (Å²) >= 11 is 0. The van der Waals surface area contributed by atoms with Crippen molar-refractivity contribution < 1.29 is 0 Å². The van der Waals surface area contributed by atoms with Crippen LogP contribution in [-0.4, -0.2) is 24.5 Å². The van der Waals surface area contributed by atoms with Crippen molar-refractivity contribution in [3.05, 3.63) is 34.9 Å². The Hall–Kier alpha value is -1.33. The van der Waals surface area contributed by atoms with Crippen molar-refractivity contribution in [2.45, 2.75) is 44.4 Å². The first-order valence-corrected chi connectivity index (χ1v) is 7.60. The van der Waals surface area contributed by atoms with E-state index < -0.39 is 0 Å². The maximum Gasteiger partial charge on any atom is 0.0839 e. The quantitative estimate of drug-likeness (QED) is 0.827. The van der Waals surface area contributed by atoms with Crippen molar-refractivity contribution in [1.29, 1.82) is 5.26 Å². The predicted octanol–water partition coefficient (Wildman–Crippen LogP) is 3.27. The molecule has 1 atom stereocenters. The normalized spacial score (nSPS) is 20.8. The maximum absolute atomic E-state index is 9.48. The lowest BCUT2D eigenvalue weighted by atomic mass is 9.95. The molecular formula is C17H22N2. The van der Waals surface area contributed by atoms with Crippen molar-refractivity contribution in [1.82, 2.24) is 4.90 Å². The summed E-state index contributed by atoms with van der Waals surface area (Å²) in [4.78, 5) is 2.46. The molecule has 1 aliphatic heterocycles. The van der Waals surface area contributed by atoms with Crippen LogP contribution in [0.2, 0.25) is 0 Å². The second kappa shape index (κ2) is 5.75. The molecule has 2 nitrogen and oxygen atoms in total. The Bertz CT molecular complexity index is 481. The van der Waals surface area contributed by atoms with Crippen molar-refractivity contribution in [2.24, 2.45) is 0 Å². The van der Waals surface area contributed by atoms with Crippen LogP contribution in [0.3, 0.4) is 0 Å². The highest BCUT2D eigenvalue weighted by Gasteiger charge is 2.19. The molecule has 1 aliphatic carbocycles. The Morgan fingerprint density at radius 3 is 2.63 bits per heavy atom. The lowest BCUT2D eigenvalue weighted by Gasteiger charge is -2.28. The zero-order valence-corrected chi connectivity index (χ0v) is 11.6. The summed E-state index contributed by atoms with van der Waals surface area (Å²) in [6, 6.07) is 9.24. The van der Waals surface area contributed by atoms with Crippen molar-refractivity contribution in [2.75, 3.05) is 19.6 Å². The van der Waals surface area contributed by atoms with E-state index in [0.717, 1.165) is 6.54 Å². The van der Waals surface area contributed by atoms with E-state index in [1.807, 2.05) is 0 Å². The summed E-state index contributed by atoms with van der Waals surface area (Å²) in [5.41, 5.74) is 4.21. The van der Waals surface area contributed by atoms with Crippen molar-refractivity contribution in [3.8, 4) is 6.07 Å². The predicted molar refractivity (Wildman–Crippen MR) is 77.1 cm³/mol. The van der Waals surface area contributed by atoms with Crippen LogP contribution in [0.25, 0.3) is 0 Å². The number of benzene rings is 1. The molecule has 0 spiro atoms. The molecule has 100 valence electrons. The van der Waals surface area contributed by atoms with Gasteiger partial charge in [0.05, 0.1) is 12.0 Å². The van der Waals surface area contributed by atoms with E-state index in [1.54, 1.807) is 0 Å². The average molecular weight is 254 g/mol. The summed E-state index contributed by atoms with van der Waals surface area (Å²) in [6.45, 7) is 3.25. The molecule has 0 aromatic heterocycles. The van der Waals surface area contributed by atoms with Crippen LogP contribution in [0.5, 0.6) is 0 Å². The van der Waals surface area contributed by atoms with Gasteiger partial charge in [-0.25, -0.2) is 0 Å². The second-order valence-corrected chi connectivity index (χ2v) is 5.92. The fourth-order valence-electron chi connectivity index (χ4n) is 3.43. The highest BCUT2D eigenvalue weighted by molar-refractivity contribution is 5.38. The summed E-state index contributed by atoms with van der Waals surface area (Å²) in [7, 11) is 0. The number of fused-ring (bicyclic) bond motifs is 1. The van der Waals surface area contributed by atoms with E-state index in [2.05, 4.69) is 29.2 Å². The molecule has 1 heterocycles. The van der Waals surface area contributed by atoms with Crippen LogP contribution in [0.15, 0.2) is 18.2 Å². The number of hydrogen-bond donors (Lipinski definition) is 0. The van der Waals surface area contributed by atoms with Gasteiger partial charge >= 0.3 is 0 Å². The van der Waals surface area contributed by atoms with Gasteiger partial charge in [0.25, 0.3) is 0 Å². The Labute approximate surface area is 116 Å². The van der Waals surface area contributed by atoms with Gasteiger partial charge in [-0.05, 0) is 61.9 Å². The third kappa shape index (κ3) is 2.82. The Morgan fingerprint density at radius 2 is 1.84 bits per heavy atom. The maximum atomic E-state index is 9.48. The lowest BCUT2D eigenvalue weighted by molar-refractivity contribution is 0.225. The van der Waals surface area contributed by atoms with Gasteiger partial charge < -0.3 is 4.90 Å². The van der Waals surface area contributed by atoms with E-state index in [-0.39, 0.29) is 5.92 Å². The first kappa shape index (κ1) is 12.7. The fraction of sp³-hybridized carbons (Fsp3) is 0.588. The first-order chi connectivity index (χ1) is 9.36. The summed E-state index contributed by atoms with van der Waals surface area (Å²) in [6.07, 6.45) is 7.64. The van der Waals surface area contributed by atoms with Gasteiger partial charge in [0.15, 0.2) is 0 Å². The van der Waals surface area contributed by atoms with Crippen molar-refractivity contribution in [3.63, 3.8) is 0 Å². The van der Waals surface area contributed by atoms with Crippen LogP contribution in [0.4, 0.5) is 0 Å². The van der Waals surface area contributed by atoms with Gasteiger partial charge in [-0.1, -0.05) is 24.6 Å². The van der Waals surface area contributed by atoms with Gasteiger partial charge in [0, 0.05) is 6.54 Å². The second-order valence-electron chi connectivity index (χ2n) is 5.92. The molecule has 0 radical (unpaired) electrons. The monoisotopic (exact) mass is 254 g/mol. The van der Waals surface area contributed by atoms with Crippen molar-refractivity contribution >= 4 is 0 Å². The van der Waals surface area contributed by atoms with Crippen LogP contribution >= 0.6 is 0 Å². The molecule has 2 aliphatic rings. The van der Waals surface area contributed by atoms with Gasteiger partial charge in [0.2, 0.25) is 0 Å². The van der Waals surface area contributed by atoms with Gasteiger partial charge in [-0.2, -0.15) is 5.26 Å². The summed E-state index contributed by atoms with van der Waals surface area (Å²) < 4.78 is 0. The third-order valence-corrected chi connectivity index (χ3v) is 4.57. The molecule has 0 saturated carbocycles. The standard InChI is InChI=1S/C17H22N2/c18-12-17(13-19-9-2-1-3-10-19)16-8-7-14-5-4-6-15(14)11-16/h7-8,11,17H,1-6,9-10,13H2. The molecule has 1 aromatic carbocycles. The van der Waals surface area contributed by atoms with E-state index in [0.29, 0.717) is 0 Å². The van der Waals surface area contributed by atoms with Crippen LogP contribution in [0, 0.1) is 11.3 Å². The number of hydrogen-bond acceptors (Lipinski definition) is 2. The molecule has 0 bridgehead atoms. The largest absolute Gasteiger partial charge is 0.302 e. The van der Waals surface area contributed by atoms with Gasteiger partial charge in [0.1, 0.15) is 0 Å². The molecule has 1 unspecified atom stereocenters. The Balaban J connectivity index is 1.73. The zero-order chi connectivity index (χ0) is 13.1. The number of piperidine rings is 1. The molecule has 1 aromatic rings. The minimum atomic E-state index is 0.0454. The molecule has 19 heavy (non-hydrogen) atoms. The number of aryl methyl sites for hydroxylation is 2. The topological polar surface area (TPSA) is 27.0 Å². The molecule has 1 saturated heterocycles. The average Bonchev–Trinajstić information content (AvgIpc) is 2.93. The lowest BCUT2D eigenvalue weighted by Crippen LogP contribution is -2.33. The molecule has 0 amide bonds. The summed E-state index contributed by atoms with van der Waals surface area (Å²) in [5, 5.41) is 9.48. The van der Waals surface area contributed by atoms with Crippen LogP contribution in [-0.2, 0) is 12.8 Å². The number of nitriles is 1. The van der Waals surface area contributed by atoms with Crippen LogP contribution < -0.4 is 0 Å². The van der Waals surface area contributed by atoms with Gasteiger partial charge in [-0.3, -0.25) is 0 Å². The Morgan fingerprint density at radius 1 is 1.05 bits per heavy atom. The molecule has 0 N–H and O–H groups in total. The molecule has 3 rings (SSSR count). The Kier molecular flexibility index (Phi) is 3.84.